The zero-order chi connectivity index (χ0) is 24.0. The molecule has 2 aromatic carbocycles. The lowest BCUT2D eigenvalue weighted by Gasteiger charge is -2.30. The highest BCUT2D eigenvalue weighted by Gasteiger charge is 2.64. The quantitative estimate of drug-likeness (QED) is 0.481. The Morgan fingerprint density at radius 1 is 0.882 bits per heavy atom. The summed E-state index contributed by atoms with van der Waals surface area (Å²) in [6.07, 6.45) is 5.09. The number of methoxy groups -OCH3 is 3. The van der Waals surface area contributed by atoms with Crippen molar-refractivity contribution in [2.45, 2.75) is 12.1 Å². The van der Waals surface area contributed by atoms with Crippen LogP contribution < -0.4 is 19.1 Å². The summed E-state index contributed by atoms with van der Waals surface area (Å²) in [5.41, 5.74) is 0.698. The number of allylic oxidation sites excluding steroid dienone is 1. The number of amides is 2. The maximum absolute atomic E-state index is 13.8. The highest BCUT2D eigenvalue weighted by atomic mass is 16.5. The van der Waals surface area contributed by atoms with Gasteiger partial charge in [0, 0.05) is 11.8 Å². The van der Waals surface area contributed by atoms with E-state index in [1.54, 1.807) is 59.8 Å². The monoisotopic (exact) mass is 461 g/mol. The van der Waals surface area contributed by atoms with Crippen LogP contribution in [0.25, 0.3) is 0 Å². The van der Waals surface area contributed by atoms with Crippen LogP contribution in [-0.4, -0.2) is 62.2 Å². The number of hydrogen-bond donors (Lipinski definition) is 0. The Morgan fingerprint density at radius 3 is 2.32 bits per heavy atom. The number of imide groups is 1. The largest absolute Gasteiger partial charge is 0.495 e. The minimum Gasteiger partial charge on any atom is -0.495 e. The van der Waals surface area contributed by atoms with Crippen molar-refractivity contribution in [1.82, 2.24) is 5.01 Å². The molecule has 4 atom stereocenters. The van der Waals surface area contributed by atoms with Crippen LogP contribution in [0.2, 0.25) is 0 Å². The van der Waals surface area contributed by atoms with Crippen molar-refractivity contribution >= 4 is 29.5 Å². The van der Waals surface area contributed by atoms with Gasteiger partial charge < -0.3 is 14.2 Å². The predicted octanol–water partition coefficient (Wildman–Crippen LogP) is 2.31. The molecule has 0 unspecified atom stereocenters. The van der Waals surface area contributed by atoms with Gasteiger partial charge in [-0.1, -0.05) is 18.2 Å². The summed E-state index contributed by atoms with van der Waals surface area (Å²) >= 11 is 0. The van der Waals surface area contributed by atoms with Crippen molar-refractivity contribution in [3.05, 3.63) is 60.2 Å². The molecule has 34 heavy (non-hydrogen) atoms. The molecule has 0 radical (unpaired) electrons. The van der Waals surface area contributed by atoms with E-state index in [4.69, 9.17) is 14.2 Å². The molecule has 3 heterocycles. The minimum atomic E-state index is -0.953. The first kappa shape index (κ1) is 21.7. The summed E-state index contributed by atoms with van der Waals surface area (Å²) in [5, 5.41) is 5.95. The van der Waals surface area contributed by atoms with Crippen molar-refractivity contribution in [3.63, 3.8) is 0 Å². The van der Waals surface area contributed by atoms with Gasteiger partial charge in [0.05, 0.1) is 44.9 Å². The zero-order valence-corrected chi connectivity index (χ0v) is 18.9. The van der Waals surface area contributed by atoms with Crippen LogP contribution in [0.1, 0.15) is 10.4 Å². The fourth-order valence-electron chi connectivity index (χ4n) is 5.05. The second-order valence-electron chi connectivity index (χ2n) is 8.13. The van der Waals surface area contributed by atoms with Gasteiger partial charge in [-0.2, -0.15) is 5.10 Å². The zero-order valence-electron chi connectivity index (χ0n) is 18.9. The Morgan fingerprint density at radius 2 is 1.59 bits per heavy atom. The lowest BCUT2D eigenvalue weighted by Crippen LogP contribution is -2.46. The second kappa shape index (κ2) is 8.33. The fourth-order valence-corrected chi connectivity index (χ4v) is 5.05. The number of Topliss-reactive ketones (excluding diaryl/α,β-unsaturated/α-hetero) is 1. The summed E-state index contributed by atoms with van der Waals surface area (Å²) < 4.78 is 16.0. The summed E-state index contributed by atoms with van der Waals surface area (Å²) in [7, 11) is 4.47. The number of hydrogen-bond acceptors (Lipinski definition) is 8. The first-order valence-electron chi connectivity index (χ1n) is 10.8. The summed E-state index contributed by atoms with van der Waals surface area (Å²) in [6.45, 7) is 0. The molecular formula is C25H23N3O6. The summed E-state index contributed by atoms with van der Waals surface area (Å²) in [4.78, 5) is 42.3. The van der Waals surface area contributed by atoms with E-state index in [9.17, 15) is 14.4 Å². The molecule has 0 spiro atoms. The number of hydrazone groups is 1. The van der Waals surface area contributed by atoms with Gasteiger partial charge in [0.25, 0.3) is 0 Å². The molecule has 0 aliphatic carbocycles. The number of fused-ring (bicyclic) bond motifs is 3. The molecule has 3 aliphatic heterocycles. The van der Waals surface area contributed by atoms with Gasteiger partial charge in [-0.05, 0) is 36.4 Å². The molecular weight excluding hydrogens is 438 g/mol. The standard InChI is InChI=1S/C25H23N3O6/c1-32-17-9-5-4-7-15(17)27-24(30)20-16-8-6-12-26-28(16)22(21(20)25(27)31)23(29)14-10-11-18(33-2)19(13-14)34-3/h4-13,16,20-22H,1-3H3/t16-,20-,21-,22+/m0/s1. The highest BCUT2D eigenvalue weighted by molar-refractivity contribution is 6.25. The molecule has 5 rings (SSSR count). The van der Waals surface area contributed by atoms with Crippen LogP contribution >= 0.6 is 0 Å². The average molecular weight is 461 g/mol. The van der Waals surface area contributed by atoms with Gasteiger partial charge >= 0.3 is 0 Å². The highest BCUT2D eigenvalue weighted by Crippen LogP contribution is 2.47. The number of para-hydroxylation sites is 2. The number of carbonyl (C=O) groups excluding carboxylic acids is 3. The van der Waals surface area contributed by atoms with Gasteiger partial charge in [0.1, 0.15) is 11.8 Å². The minimum absolute atomic E-state index is 0.325. The lowest BCUT2D eigenvalue weighted by molar-refractivity contribution is -0.123. The molecule has 2 amide bonds. The Kier molecular flexibility index (Phi) is 5.31. The van der Waals surface area contributed by atoms with Gasteiger partial charge in [-0.25, -0.2) is 4.90 Å². The van der Waals surface area contributed by atoms with Crippen LogP contribution in [0, 0.1) is 11.8 Å². The number of ketones is 1. The van der Waals surface area contributed by atoms with Gasteiger partial charge in [-0.15, -0.1) is 0 Å². The van der Waals surface area contributed by atoms with E-state index in [1.807, 2.05) is 6.08 Å². The van der Waals surface area contributed by atoms with E-state index < -0.39 is 29.8 Å². The molecule has 0 saturated carbocycles. The maximum atomic E-state index is 13.8. The predicted molar refractivity (Wildman–Crippen MR) is 123 cm³/mol. The van der Waals surface area contributed by atoms with Crippen LogP contribution in [0.5, 0.6) is 17.2 Å². The van der Waals surface area contributed by atoms with E-state index in [0.717, 1.165) is 4.90 Å². The molecule has 9 heteroatoms. The topological polar surface area (TPSA) is 97.7 Å². The average Bonchev–Trinajstić information content (AvgIpc) is 3.35. The van der Waals surface area contributed by atoms with Crippen LogP contribution in [0.15, 0.2) is 59.7 Å². The number of rotatable bonds is 6. The molecule has 174 valence electrons. The van der Waals surface area contributed by atoms with Crippen molar-refractivity contribution in [2.24, 2.45) is 16.9 Å². The molecule has 2 aromatic rings. The molecule has 2 saturated heterocycles. The number of anilines is 1. The Hall–Kier alpha value is -4.14. The van der Waals surface area contributed by atoms with Gasteiger partial charge in [0.15, 0.2) is 17.3 Å². The number of ether oxygens (including phenoxy) is 3. The van der Waals surface area contributed by atoms with E-state index in [1.165, 1.54) is 21.3 Å². The molecule has 0 aromatic heterocycles. The maximum Gasteiger partial charge on any atom is 0.240 e. The van der Waals surface area contributed by atoms with E-state index >= 15 is 0 Å². The summed E-state index contributed by atoms with van der Waals surface area (Å²) in [6, 6.07) is 10.2. The normalized spacial score (nSPS) is 24.8. The molecule has 9 nitrogen and oxygen atoms in total. The first-order valence-corrected chi connectivity index (χ1v) is 10.8. The van der Waals surface area contributed by atoms with E-state index in [2.05, 4.69) is 5.10 Å². The number of benzene rings is 2. The van der Waals surface area contributed by atoms with Crippen LogP contribution in [0.4, 0.5) is 5.69 Å². The number of nitrogens with zero attached hydrogens (tertiary/aromatic N) is 3. The van der Waals surface area contributed by atoms with Crippen molar-refractivity contribution < 1.29 is 28.6 Å². The molecule has 0 bridgehead atoms. The second-order valence-corrected chi connectivity index (χ2v) is 8.13. The summed E-state index contributed by atoms with van der Waals surface area (Å²) in [5.74, 6) is -1.52. The Bertz CT molecular complexity index is 1240. The fraction of sp³-hybridized carbons (Fsp3) is 0.280. The molecule has 2 fully saturated rings. The lowest BCUT2D eigenvalue weighted by atomic mass is 9.86. The third-order valence-corrected chi connectivity index (χ3v) is 6.55. The van der Waals surface area contributed by atoms with E-state index in [-0.39, 0.29) is 11.7 Å². The van der Waals surface area contributed by atoms with Gasteiger partial charge in [0.2, 0.25) is 11.8 Å². The third-order valence-electron chi connectivity index (χ3n) is 6.55. The van der Waals surface area contributed by atoms with Crippen LogP contribution in [0.3, 0.4) is 0 Å². The Labute approximate surface area is 196 Å². The SMILES string of the molecule is COc1ccc(C(=O)[C@H]2[C@H]3C(=O)N(c4ccccc4OC)C(=O)[C@H]3[C@@H]3C=CC=NN32)cc1OC. The van der Waals surface area contributed by atoms with Crippen molar-refractivity contribution in [2.75, 3.05) is 26.2 Å². The van der Waals surface area contributed by atoms with E-state index in [0.29, 0.717) is 28.5 Å². The molecule has 3 aliphatic rings. The van der Waals surface area contributed by atoms with Crippen molar-refractivity contribution in [3.8, 4) is 17.2 Å². The van der Waals surface area contributed by atoms with Crippen molar-refractivity contribution in [1.29, 1.82) is 0 Å². The van der Waals surface area contributed by atoms with Gasteiger partial charge in [-0.3, -0.25) is 19.4 Å². The third kappa shape index (κ3) is 3.07. The van der Waals surface area contributed by atoms with Crippen LogP contribution in [-0.2, 0) is 9.59 Å². The molecule has 0 N–H and O–H groups in total. The Balaban J connectivity index is 1.58. The number of carbonyl (C=O) groups is 3. The first-order chi connectivity index (χ1) is 16.5. The smallest absolute Gasteiger partial charge is 0.240 e.